The second-order valence-electron chi connectivity index (χ2n) is 0.955. The summed E-state index contributed by atoms with van der Waals surface area (Å²) in [6, 6.07) is 0. The summed E-state index contributed by atoms with van der Waals surface area (Å²) in [5, 5.41) is 0. The van der Waals surface area contributed by atoms with Crippen LogP contribution in [-0.4, -0.2) is 18.2 Å². The van der Waals surface area contributed by atoms with Gasteiger partial charge in [-0.05, 0) is 0 Å². The Hall–Kier alpha value is 1.35. The first-order chi connectivity index (χ1) is 3.33. The minimum absolute atomic E-state index is 0.639. The predicted octanol–water partition coefficient (Wildman–Crippen LogP) is 2.62. The van der Waals surface area contributed by atoms with Gasteiger partial charge in [-0.2, -0.15) is 0 Å². The van der Waals surface area contributed by atoms with Gasteiger partial charge >= 0.3 is 18.2 Å². The summed E-state index contributed by atoms with van der Waals surface area (Å²) >= 11 is -0.639. The Kier molecular flexibility index (Phi) is 25.0. The lowest BCUT2D eigenvalue weighted by atomic mass is 10.4. The third kappa shape index (κ3) is 38.1. The molecule has 3 heteroatoms. The molecule has 0 unspecified atom stereocenters. The Bertz CT molecular complexity index is 17.2. The summed E-state index contributed by atoms with van der Waals surface area (Å²) in [5.74, 6) is 0. The molecule has 0 saturated heterocycles. The lowest BCUT2D eigenvalue weighted by Gasteiger charge is -1.67. The van der Waals surface area contributed by atoms with Gasteiger partial charge in [0.1, 0.15) is 0 Å². The molecule has 0 aliphatic heterocycles. The Balaban J connectivity index is 0. The van der Waals surface area contributed by atoms with E-state index in [1.807, 2.05) is 0 Å². The fourth-order valence-corrected chi connectivity index (χ4v) is 0. The molecule has 0 aromatic carbocycles. The molecule has 0 bridgehead atoms. The van der Waals surface area contributed by atoms with E-state index < -0.39 is 18.2 Å². The number of unbranched alkanes of at least 4 members (excludes halogenated alkanes) is 1. The van der Waals surface area contributed by atoms with Gasteiger partial charge in [0, 0.05) is 0 Å². The zero-order valence-electron chi connectivity index (χ0n) is 4.58. The number of rotatable bonds is 1. The molecule has 7 heavy (non-hydrogen) atoms. The van der Waals surface area contributed by atoms with Crippen molar-refractivity contribution in [2.24, 2.45) is 0 Å². The average molecular weight is 152 g/mol. The van der Waals surface area contributed by atoms with E-state index in [-0.39, 0.29) is 0 Å². The molecule has 0 heterocycles. The van der Waals surface area contributed by atoms with Crippen molar-refractivity contribution in [2.75, 3.05) is 0 Å². The standard InChI is InChI=1S/C4H9.2ClH.Mg/c1-3-4-2;;;/h1,3-4H2,2H3;2*1H;/q;;;+2/p-2. The van der Waals surface area contributed by atoms with Crippen LogP contribution in [0.25, 0.3) is 0 Å². The molecule has 0 saturated carbocycles. The molecule has 0 aromatic heterocycles. The van der Waals surface area contributed by atoms with Crippen LogP contribution in [-0.2, 0) is 0 Å². The van der Waals surface area contributed by atoms with Crippen molar-refractivity contribution in [3.63, 3.8) is 0 Å². The van der Waals surface area contributed by atoms with Crippen LogP contribution in [0, 0.1) is 6.92 Å². The monoisotopic (exact) mass is 151 g/mol. The topological polar surface area (TPSA) is 0 Å². The highest BCUT2D eigenvalue weighted by Crippen LogP contribution is 1.76. The molecule has 0 rings (SSSR count). The Morgan fingerprint density at radius 3 is 1.71 bits per heavy atom. The van der Waals surface area contributed by atoms with Crippen molar-refractivity contribution in [2.45, 2.75) is 19.8 Å². The van der Waals surface area contributed by atoms with E-state index in [4.69, 9.17) is 18.1 Å². The van der Waals surface area contributed by atoms with Gasteiger partial charge in [0.2, 0.25) is 0 Å². The minimum Gasteiger partial charge on any atom is -0.309 e. The van der Waals surface area contributed by atoms with Gasteiger partial charge in [0.25, 0.3) is 0 Å². The fraction of sp³-hybridized carbons (Fsp3) is 0.750. The van der Waals surface area contributed by atoms with Crippen LogP contribution >= 0.6 is 18.1 Å². The first kappa shape index (κ1) is 11.2. The van der Waals surface area contributed by atoms with Crippen molar-refractivity contribution >= 4 is 36.3 Å². The Morgan fingerprint density at radius 2 is 1.71 bits per heavy atom. The first-order valence-electron chi connectivity index (χ1n) is 2.24. The maximum absolute atomic E-state index is 4.90. The van der Waals surface area contributed by atoms with Gasteiger partial charge < -0.3 is 18.1 Å². The van der Waals surface area contributed by atoms with Gasteiger partial charge in [-0.25, -0.2) is 0 Å². The third-order valence-corrected chi connectivity index (χ3v) is 0.354. The van der Waals surface area contributed by atoms with Gasteiger partial charge in [-0.1, -0.05) is 26.7 Å². The lowest BCUT2D eigenvalue weighted by Crippen LogP contribution is -1.48. The quantitative estimate of drug-likeness (QED) is 0.507. The number of hydrogen-bond donors (Lipinski definition) is 0. The van der Waals surface area contributed by atoms with Crippen molar-refractivity contribution < 1.29 is 0 Å². The van der Waals surface area contributed by atoms with Crippen LogP contribution in [0.5, 0.6) is 0 Å². The average Bonchev–Trinajstić information content (AvgIpc) is 1.69. The highest BCUT2D eigenvalue weighted by molar-refractivity contribution is 7.22. The van der Waals surface area contributed by atoms with Gasteiger partial charge in [0.15, 0.2) is 0 Å². The molecule has 0 nitrogen and oxygen atoms in total. The summed E-state index contributed by atoms with van der Waals surface area (Å²) in [4.78, 5) is 0. The fourth-order valence-electron chi connectivity index (χ4n) is 0. The van der Waals surface area contributed by atoms with Gasteiger partial charge in [0.05, 0.1) is 0 Å². The Labute approximate surface area is 62.8 Å². The summed E-state index contributed by atoms with van der Waals surface area (Å²) in [5.41, 5.74) is 0. The molecule has 0 fully saturated rings. The second-order valence-corrected chi connectivity index (χ2v) is 3.58. The summed E-state index contributed by atoms with van der Waals surface area (Å²) in [6.45, 7) is 5.72. The third-order valence-electron chi connectivity index (χ3n) is 0.354. The van der Waals surface area contributed by atoms with Crippen LogP contribution in [0.1, 0.15) is 19.8 Å². The van der Waals surface area contributed by atoms with Crippen LogP contribution in [0.4, 0.5) is 0 Å². The maximum Gasteiger partial charge on any atom is 0.618 e. The highest BCUT2D eigenvalue weighted by Gasteiger charge is 1.64. The van der Waals surface area contributed by atoms with E-state index in [2.05, 4.69) is 13.8 Å². The van der Waals surface area contributed by atoms with Crippen LogP contribution in [0.2, 0.25) is 0 Å². The molecular formula is C4H9Cl2Mg. The van der Waals surface area contributed by atoms with Gasteiger partial charge in [-0.15, -0.1) is 0 Å². The molecule has 1 radical (unpaired) electrons. The largest absolute Gasteiger partial charge is 0.618 e. The maximum atomic E-state index is 4.90. The smallest absolute Gasteiger partial charge is 0.309 e. The van der Waals surface area contributed by atoms with E-state index in [1.165, 1.54) is 6.42 Å². The molecule has 0 N–H and O–H groups in total. The second kappa shape index (κ2) is 15.7. The predicted molar refractivity (Wildman–Crippen MR) is 37.7 cm³/mol. The minimum atomic E-state index is -0.639. The SMILES string of the molecule is [CH2]CCC.[Cl][Mg][Cl]. The van der Waals surface area contributed by atoms with Crippen LogP contribution < -0.4 is 0 Å². The zero-order valence-corrected chi connectivity index (χ0v) is 7.51. The summed E-state index contributed by atoms with van der Waals surface area (Å²) in [7, 11) is 9.81. The van der Waals surface area contributed by atoms with Crippen molar-refractivity contribution in [1.29, 1.82) is 0 Å². The van der Waals surface area contributed by atoms with Crippen LogP contribution in [0.15, 0.2) is 0 Å². The molecule has 0 aliphatic carbocycles. The molecule has 0 spiro atoms. The van der Waals surface area contributed by atoms with E-state index in [0.717, 1.165) is 6.42 Å². The normalized spacial score (nSPS) is 5.71. The number of hydrogen-bond acceptors (Lipinski definition) is 0. The molecular weight excluding hydrogens is 143 g/mol. The highest BCUT2D eigenvalue weighted by atomic mass is 35.6. The van der Waals surface area contributed by atoms with Crippen molar-refractivity contribution in [3.8, 4) is 0 Å². The van der Waals surface area contributed by atoms with Gasteiger partial charge in [-0.3, -0.25) is 0 Å². The summed E-state index contributed by atoms with van der Waals surface area (Å²) in [6.07, 6.45) is 2.28. The van der Waals surface area contributed by atoms with Crippen LogP contribution in [0.3, 0.4) is 0 Å². The zero-order chi connectivity index (χ0) is 6.12. The molecule has 0 atom stereocenters. The van der Waals surface area contributed by atoms with E-state index in [9.17, 15) is 0 Å². The number of halogens is 2. The van der Waals surface area contributed by atoms with E-state index >= 15 is 0 Å². The van der Waals surface area contributed by atoms with E-state index in [0.29, 0.717) is 0 Å². The Morgan fingerprint density at radius 1 is 1.57 bits per heavy atom. The molecule has 0 aromatic rings. The van der Waals surface area contributed by atoms with E-state index in [1.54, 1.807) is 0 Å². The van der Waals surface area contributed by atoms with Crippen molar-refractivity contribution in [1.82, 2.24) is 0 Å². The lowest BCUT2D eigenvalue weighted by molar-refractivity contribution is 0.956. The first-order valence-corrected chi connectivity index (χ1v) is 6.52. The molecule has 0 aliphatic rings. The molecule has 41 valence electrons. The summed E-state index contributed by atoms with van der Waals surface area (Å²) < 4.78 is 0. The van der Waals surface area contributed by atoms with Crippen molar-refractivity contribution in [3.05, 3.63) is 6.92 Å². The molecule has 0 amide bonds.